The van der Waals surface area contributed by atoms with Crippen LogP contribution in [0.25, 0.3) is 6.08 Å². The highest BCUT2D eigenvalue weighted by molar-refractivity contribution is 6.06. The molecule has 0 bridgehead atoms. The van der Waals surface area contributed by atoms with Gasteiger partial charge in [-0.1, -0.05) is 18.2 Å². The lowest BCUT2D eigenvalue weighted by molar-refractivity contribution is -0.137. The number of anilines is 1. The van der Waals surface area contributed by atoms with Crippen molar-refractivity contribution in [1.29, 1.82) is 0 Å². The van der Waals surface area contributed by atoms with Gasteiger partial charge in [-0.3, -0.25) is 4.79 Å². The van der Waals surface area contributed by atoms with Gasteiger partial charge < -0.3 is 10.4 Å². The van der Waals surface area contributed by atoms with Crippen LogP contribution in [0.3, 0.4) is 0 Å². The van der Waals surface area contributed by atoms with E-state index in [1.165, 1.54) is 49.4 Å². The molecule has 0 aliphatic rings. The van der Waals surface area contributed by atoms with Gasteiger partial charge in [0.05, 0.1) is 11.1 Å². The molecule has 7 heteroatoms. The molecule has 2 rings (SSSR count). The van der Waals surface area contributed by atoms with Gasteiger partial charge in [0, 0.05) is 11.3 Å². The van der Waals surface area contributed by atoms with Gasteiger partial charge in [-0.2, -0.15) is 13.2 Å². The zero-order valence-electron chi connectivity index (χ0n) is 13.1. The first-order valence-corrected chi connectivity index (χ1v) is 7.17. The van der Waals surface area contributed by atoms with Gasteiger partial charge in [-0.05, 0) is 48.9 Å². The monoisotopic (exact) mass is 349 g/mol. The van der Waals surface area contributed by atoms with Gasteiger partial charge in [-0.25, -0.2) is 4.79 Å². The molecule has 2 aromatic carbocycles. The van der Waals surface area contributed by atoms with Crippen LogP contribution in [0.1, 0.15) is 28.4 Å². The minimum Gasteiger partial charge on any atom is -0.478 e. The summed E-state index contributed by atoms with van der Waals surface area (Å²) >= 11 is 0. The highest BCUT2D eigenvalue weighted by Gasteiger charge is 2.30. The van der Waals surface area contributed by atoms with Crippen LogP contribution in [0.5, 0.6) is 0 Å². The predicted octanol–water partition coefficient (Wildman–Crippen LogP) is 4.45. The number of benzene rings is 2. The Morgan fingerprint density at radius 1 is 1.08 bits per heavy atom. The standard InChI is InChI=1S/C18H14F3NO3/c1-11(8-12-4-2-6-14(9-12)18(19,20)21)16(23)22-15-7-3-5-13(10-15)17(24)25/h2-10H,1H3,(H,22,23)(H,24,25). The van der Waals surface area contributed by atoms with Gasteiger partial charge in [0.1, 0.15) is 0 Å². The largest absolute Gasteiger partial charge is 0.478 e. The molecule has 0 spiro atoms. The van der Waals surface area contributed by atoms with E-state index in [2.05, 4.69) is 5.32 Å². The Balaban J connectivity index is 2.18. The molecule has 0 atom stereocenters. The number of carboxylic acids is 1. The normalized spacial score (nSPS) is 11.9. The van der Waals surface area contributed by atoms with Crippen molar-refractivity contribution < 1.29 is 27.9 Å². The van der Waals surface area contributed by atoms with Crippen LogP contribution < -0.4 is 5.32 Å². The molecule has 0 fully saturated rings. The fourth-order valence-corrected chi connectivity index (χ4v) is 2.08. The first-order valence-electron chi connectivity index (χ1n) is 7.17. The lowest BCUT2D eigenvalue weighted by Gasteiger charge is -2.08. The summed E-state index contributed by atoms with van der Waals surface area (Å²) in [6.07, 6.45) is -3.14. The van der Waals surface area contributed by atoms with E-state index in [0.717, 1.165) is 12.1 Å². The van der Waals surface area contributed by atoms with Gasteiger partial charge in [0.25, 0.3) is 5.91 Å². The van der Waals surface area contributed by atoms with Gasteiger partial charge in [0.2, 0.25) is 0 Å². The maximum atomic E-state index is 12.7. The topological polar surface area (TPSA) is 66.4 Å². The number of carbonyl (C=O) groups excluding carboxylic acids is 1. The predicted molar refractivity (Wildman–Crippen MR) is 87.1 cm³/mol. The first kappa shape index (κ1) is 18.3. The minimum atomic E-state index is -4.46. The van der Waals surface area contributed by atoms with Crippen molar-refractivity contribution in [2.75, 3.05) is 5.32 Å². The van der Waals surface area contributed by atoms with Crippen molar-refractivity contribution in [1.82, 2.24) is 0 Å². The molecular weight excluding hydrogens is 335 g/mol. The van der Waals surface area contributed by atoms with Crippen molar-refractivity contribution in [2.45, 2.75) is 13.1 Å². The molecule has 130 valence electrons. The Bertz CT molecular complexity index is 841. The average molecular weight is 349 g/mol. The Labute approximate surface area is 141 Å². The van der Waals surface area contributed by atoms with Gasteiger partial charge >= 0.3 is 12.1 Å². The fraction of sp³-hybridized carbons (Fsp3) is 0.111. The van der Waals surface area contributed by atoms with E-state index in [1.807, 2.05) is 0 Å². The van der Waals surface area contributed by atoms with Crippen molar-refractivity contribution in [2.24, 2.45) is 0 Å². The number of carbonyl (C=O) groups is 2. The molecule has 0 unspecified atom stereocenters. The summed E-state index contributed by atoms with van der Waals surface area (Å²) in [4.78, 5) is 23.0. The van der Waals surface area contributed by atoms with E-state index in [9.17, 15) is 22.8 Å². The number of hydrogen-bond acceptors (Lipinski definition) is 2. The van der Waals surface area contributed by atoms with Crippen LogP contribution >= 0.6 is 0 Å². The maximum absolute atomic E-state index is 12.7. The average Bonchev–Trinajstić information content (AvgIpc) is 2.54. The van der Waals surface area contributed by atoms with Crippen molar-refractivity contribution in [3.05, 3.63) is 70.8 Å². The van der Waals surface area contributed by atoms with E-state index in [1.54, 1.807) is 0 Å². The number of amides is 1. The van der Waals surface area contributed by atoms with Crippen molar-refractivity contribution in [3.8, 4) is 0 Å². The first-order chi connectivity index (χ1) is 11.7. The fourth-order valence-electron chi connectivity index (χ4n) is 2.08. The number of rotatable bonds is 4. The third kappa shape index (κ3) is 4.94. The molecule has 2 N–H and O–H groups in total. The molecule has 2 aromatic rings. The van der Waals surface area contributed by atoms with Crippen molar-refractivity contribution in [3.63, 3.8) is 0 Å². The molecule has 4 nitrogen and oxygen atoms in total. The van der Waals surface area contributed by atoms with E-state index in [-0.39, 0.29) is 22.4 Å². The minimum absolute atomic E-state index is 0.0114. The number of alkyl halides is 3. The van der Waals surface area contributed by atoms with Gasteiger partial charge in [0.15, 0.2) is 0 Å². The Morgan fingerprint density at radius 3 is 2.40 bits per heavy atom. The van der Waals surface area contributed by atoms with E-state index in [4.69, 9.17) is 5.11 Å². The highest BCUT2D eigenvalue weighted by atomic mass is 19.4. The molecule has 0 saturated carbocycles. The summed E-state index contributed by atoms with van der Waals surface area (Å²) in [6.45, 7) is 1.46. The van der Waals surface area contributed by atoms with E-state index in [0.29, 0.717) is 0 Å². The van der Waals surface area contributed by atoms with Crippen LogP contribution in [0.15, 0.2) is 54.1 Å². The van der Waals surface area contributed by atoms with Crippen LogP contribution in [-0.2, 0) is 11.0 Å². The lowest BCUT2D eigenvalue weighted by Crippen LogP contribution is -2.13. The Hall–Kier alpha value is -3.09. The zero-order valence-corrected chi connectivity index (χ0v) is 13.1. The quantitative estimate of drug-likeness (QED) is 0.802. The molecule has 25 heavy (non-hydrogen) atoms. The zero-order chi connectivity index (χ0) is 18.6. The molecule has 0 radical (unpaired) electrons. The third-order valence-corrected chi connectivity index (χ3v) is 3.32. The Morgan fingerprint density at radius 2 is 1.76 bits per heavy atom. The summed E-state index contributed by atoms with van der Waals surface area (Å²) in [5, 5.41) is 11.4. The summed E-state index contributed by atoms with van der Waals surface area (Å²) in [6, 6.07) is 10.3. The second-order valence-electron chi connectivity index (χ2n) is 5.29. The number of hydrogen-bond donors (Lipinski definition) is 2. The number of halogens is 3. The lowest BCUT2D eigenvalue weighted by atomic mass is 10.1. The molecule has 0 aromatic heterocycles. The molecule has 0 saturated heterocycles. The van der Waals surface area contributed by atoms with E-state index < -0.39 is 23.6 Å². The number of aromatic carboxylic acids is 1. The number of carboxylic acid groups (broad SMARTS) is 1. The van der Waals surface area contributed by atoms with Gasteiger partial charge in [-0.15, -0.1) is 0 Å². The van der Waals surface area contributed by atoms with Crippen LogP contribution in [0.4, 0.5) is 18.9 Å². The second kappa shape index (κ2) is 7.21. The summed E-state index contributed by atoms with van der Waals surface area (Å²) in [7, 11) is 0. The SMILES string of the molecule is CC(=Cc1cccc(C(F)(F)F)c1)C(=O)Nc1cccc(C(=O)O)c1. The van der Waals surface area contributed by atoms with Crippen LogP contribution in [0.2, 0.25) is 0 Å². The molecule has 0 aliphatic carbocycles. The smallest absolute Gasteiger partial charge is 0.416 e. The maximum Gasteiger partial charge on any atom is 0.416 e. The van der Waals surface area contributed by atoms with E-state index >= 15 is 0 Å². The number of nitrogens with one attached hydrogen (secondary N) is 1. The van der Waals surface area contributed by atoms with Crippen LogP contribution in [-0.4, -0.2) is 17.0 Å². The van der Waals surface area contributed by atoms with Crippen molar-refractivity contribution >= 4 is 23.6 Å². The molecule has 0 heterocycles. The molecule has 1 amide bonds. The van der Waals surface area contributed by atoms with Crippen LogP contribution in [0, 0.1) is 0 Å². The summed E-state index contributed by atoms with van der Waals surface area (Å²) in [5.74, 6) is -1.67. The summed E-state index contributed by atoms with van der Waals surface area (Å²) < 4.78 is 38.1. The Kier molecular flexibility index (Phi) is 5.26. The molecular formula is C18H14F3NO3. The molecule has 0 aliphatic heterocycles. The highest BCUT2D eigenvalue weighted by Crippen LogP contribution is 2.30. The summed E-state index contributed by atoms with van der Waals surface area (Å²) in [5.41, 5.74) is -0.0931. The third-order valence-electron chi connectivity index (χ3n) is 3.32. The second-order valence-corrected chi connectivity index (χ2v) is 5.29.